The van der Waals surface area contributed by atoms with E-state index in [-0.39, 0.29) is 11.9 Å². The van der Waals surface area contributed by atoms with Crippen molar-refractivity contribution in [3.8, 4) is 9.88 Å². The molecule has 1 N–H and O–H groups in total. The van der Waals surface area contributed by atoms with Crippen LogP contribution in [0.5, 0.6) is 0 Å². The van der Waals surface area contributed by atoms with E-state index >= 15 is 0 Å². The number of carbonyl (C=O) groups excluding carboxylic acids is 1. The van der Waals surface area contributed by atoms with Crippen LogP contribution in [0, 0.1) is 0 Å². The molecule has 0 spiro atoms. The van der Waals surface area contributed by atoms with Gasteiger partial charge in [0.15, 0.2) is 5.82 Å². The van der Waals surface area contributed by atoms with Gasteiger partial charge in [-0.2, -0.15) is 0 Å². The van der Waals surface area contributed by atoms with Crippen LogP contribution in [0.4, 0.5) is 0 Å². The highest BCUT2D eigenvalue weighted by Gasteiger charge is 2.22. The molecule has 3 aromatic heterocycles. The number of ether oxygens (including phenoxy) is 1. The van der Waals surface area contributed by atoms with Gasteiger partial charge in [-0.15, -0.1) is 32.9 Å². The second kappa shape index (κ2) is 7.65. The second-order valence-electron chi connectivity index (χ2n) is 6.13. The Morgan fingerprint density at radius 2 is 2.31 bits per heavy atom. The molecule has 4 rings (SSSR count). The van der Waals surface area contributed by atoms with Gasteiger partial charge in [0.25, 0.3) is 5.91 Å². The maximum atomic E-state index is 12.6. The van der Waals surface area contributed by atoms with Gasteiger partial charge < -0.3 is 14.6 Å². The third-order valence-corrected chi connectivity index (χ3v) is 6.28. The van der Waals surface area contributed by atoms with Crippen LogP contribution in [-0.2, 0) is 24.3 Å². The average Bonchev–Trinajstić information content (AvgIpc) is 3.36. The number of hydrogen-bond acceptors (Lipinski definition) is 7. The fourth-order valence-electron chi connectivity index (χ4n) is 3.08. The Bertz CT molecular complexity index is 887. The van der Waals surface area contributed by atoms with Crippen LogP contribution >= 0.6 is 22.7 Å². The molecule has 1 aliphatic rings. The van der Waals surface area contributed by atoms with Crippen molar-refractivity contribution in [2.45, 2.75) is 38.5 Å². The molecule has 0 saturated heterocycles. The van der Waals surface area contributed by atoms with Gasteiger partial charge in [-0.25, -0.2) is 4.98 Å². The number of hydrogen-bond donors (Lipinski definition) is 1. The fraction of sp³-hybridized carbons (Fsp3) is 0.412. The molecule has 7 nitrogen and oxygen atoms in total. The van der Waals surface area contributed by atoms with Crippen LogP contribution in [0.2, 0.25) is 0 Å². The van der Waals surface area contributed by atoms with E-state index in [1.807, 2.05) is 22.9 Å². The summed E-state index contributed by atoms with van der Waals surface area (Å²) in [6.07, 6.45) is 2.48. The summed E-state index contributed by atoms with van der Waals surface area (Å²) in [6.45, 7) is 1.23. The predicted octanol–water partition coefficient (Wildman–Crippen LogP) is 2.74. The van der Waals surface area contributed by atoms with E-state index in [4.69, 9.17) is 4.74 Å². The predicted molar refractivity (Wildman–Crippen MR) is 100 cm³/mol. The lowest BCUT2D eigenvalue weighted by Gasteiger charge is -2.15. The minimum Gasteiger partial charge on any atom is -0.377 e. The molecule has 4 heterocycles. The van der Waals surface area contributed by atoms with Crippen molar-refractivity contribution >= 4 is 28.6 Å². The molecular formula is C17H19N5O2S2. The van der Waals surface area contributed by atoms with Gasteiger partial charge >= 0.3 is 0 Å². The van der Waals surface area contributed by atoms with Crippen molar-refractivity contribution in [1.82, 2.24) is 25.1 Å². The highest BCUT2D eigenvalue weighted by Crippen LogP contribution is 2.28. The standard InChI is InChI=1S/C17H19N5O2S2/c1-24-9-15-21-20-14-5-4-11(6-7-22(14)15)18-16(23)12-10-26-17(19-12)13-3-2-8-25-13/h2-3,8,10-11H,4-7,9H2,1H3,(H,18,23). The van der Waals surface area contributed by atoms with Crippen LogP contribution in [-0.4, -0.2) is 38.8 Å². The van der Waals surface area contributed by atoms with Crippen molar-refractivity contribution < 1.29 is 9.53 Å². The van der Waals surface area contributed by atoms with E-state index in [1.54, 1.807) is 18.4 Å². The number of aromatic nitrogens is 4. The van der Waals surface area contributed by atoms with E-state index in [1.165, 1.54) is 11.3 Å². The Labute approximate surface area is 159 Å². The number of fused-ring (bicyclic) bond motifs is 1. The lowest BCUT2D eigenvalue weighted by atomic mass is 10.1. The zero-order valence-electron chi connectivity index (χ0n) is 14.3. The first kappa shape index (κ1) is 17.3. The van der Waals surface area contributed by atoms with E-state index in [0.29, 0.717) is 12.3 Å². The number of carbonyl (C=O) groups is 1. The maximum absolute atomic E-state index is 12.6. The summed E-state index contributed by atoms with van der Waals surface area (Å²) in [7, 11) is 1.65. The lowest BCUT2D eigenvalue weighted by molar-refractivity contribution is 0.0928. The Hall–Kier alpha value is -2.10. The molecular weight excluding hydrogens is 370 g/mol. The maximum Gasteiger partial charge on any atom is 0.270 e. The molecule has 1 aliphatic heterocycles. The van der Waals surface area contributed by atoms with Crippen LogP contribution in [0.3, 0.4) is 0 Å². The molecule has 0 fully saturated rings. The van der Waals surface area contributed by atoms with E-state index < -0.39 is 0 Å². The molecule has 0 saturated carbocycles. The number of amides is 1. The van der Waals surface area contributed by atoms with Crippen molar-refractivity contribution in [3.05, 3.63) is 40.2 Å². The summed E-state index contributed by atoms with van der Waals surface area (Å²) >= 11 is 3.13. The Kier molecular flexibility index (Phi) is 5.09. The molecule has 1 unspecified atom stereocenters. The topological polar surface area (TPSA) is 81.9 Å². The third-order valence-electron chi connectivity index (χ3n) is 4.40. The molecule has 3 aromatic rings. The molecule has 0 aliphatic carbocycles. The quantitative estimate of drug-likeness (QED) is 0.726. The van der Waals surface area contributed by atoms with Gasteiger partial charge in [0, 0.05) is 31.5 Å². The molecule has 0 aromatic carbocycles. The van der Waals surface area contributed by atoms with E-state index in [0.717, 1.165) is 47.3 Å². The number of rotatable bonds is 5. The van der Waals surface area contributed by atoms with E-state index in [2.05, 4.69) is 25.1 Å². The largest absolute Gasteiger partial charge is 0.377 e. The zero-order valence-corrected chi connectivity index (χ0v) is 16.0. The summed E-state index contributed by atoms with van der Waals surface area (Å²) in [4.78, 5) is 18.1. The van der Waals surface area contributed by atoms with Gasteiger partial charge in [-0.05, 0) is 24.3 Å². The first-order valence-corrected chi connectivity index (χ1v) is 10.2. The minimum absolute atomic E-state index is 0.103. The molecule has 26 heavy (non-hydrogen) atoms. The second-order valence-corrected chi connectivity index (χ2v) is 7.94. The summed E-state index contributed by atoms with van der Waals surface area (Å²) in [5.74, 6) is 1.70. The van der Waals surface area contributed by atoms with Gasteiger partial charge in [0.2, 0.25) is 0 Å². The number of aryl methyl sites for hydroxylation is 1. The normalized spacial score (nSPS) is 16.9. The van der Waals surface area contributed by atoms with Crippen LogP contribution in [0.15, 0.2) is 22.9 Å². The molecule has 1 atom stereocenters. The monoisotopic (exact) mass is 389 g/mol. The average molecular weight is 390 g/mol. The number of nitrogens with zero attached hydrogens (tertiary/aromatic N) is 4. The van der Waals surface area contributed by atoms with Gasteiger partial charge in [0.05, 0.1) is 4.88 Å². The lowest BCUT2D eigenvalue weighted by Crippen LogP contribution is -2.35. The Balaban J connectivity index is 1.40. The molecule has 0 bridgehead atoms. The Morgan fingerprint density at radius 1 is 1.38 bits per heavy atom. The third kappa shape index (κ3) is 3.55. The number of thiazole rings is 1. The highest BCUT2D eigenvalue weighted by atomic mass is 32.1. The summed E-state index contributed by atoms with van der Waals surface area (Å²) in [5, 5.41) is 16.3. The van der Waals surface area contributed by atoms with Crippen molar-refractivity contribution in [1.29, 1.82) is 0 Å². The first-order valence-electron chi connectivity index (χ1n) is 8.44. The molecule has 0 radical (unpaired) electrons. The minimum atomic E-state index is -0.108. The number of methoxy groups -OCH3 is 1. The van der Waals surface area contributed by atoms with Crippen LogP contribution in [0.25, 0.3) is 9.88 Å². The van der Waals surface area contributed by atoms with E-state index in [9.17, 15) is 4.79 Å². The van der Waals surface area contributed by atoms with Crippen LogP contribution in [0.1, 0.15) is 35.0 Å². The summed E-state index contributed by atoms with van der Waals surface area (Å²) in [5.41, 5.74) is 0.488. The van der Waals surface area contributed by atoms with Gasteiger partial charge in [-0.3, -0.25) is 4.79 Å². The van der Waals surface area contributed by atoms with Gasteiger partial charge in [0.1, 0.15) is 23.1 Å². The fourth-order valence-corrected chi connectivity index (χ4v) is 4.69. The van der Waals surface area contributed by atoms with Gasteiger partial charge in [-0.1, -0.05) is 6.07 Å². The molecule has 136 valence electrons. The Morgan fingerprint density at radius 3 is 3.12 bits per heavy atom. The van der Waals surface area contributed by atoms with Crippen molar-refractivity contribution in [2.24, 2.45) is 0 Å². The first-order chi connectivity index (χ1) is 12.7. The molecule has 1 amide bonds. The number of nitrogens with one attached hydrogen (secondary N) is 1. The smallest absolute Gasteiger partial charge is 0.270 e. The highest BCUT2D eigenvalue weighted by molar-refractivity contribution is 7.20. The summed E-state index contributed by atoms with van der Waals surface area (Å²) in [6, 6.07) is 4.11. The van der Waals surface area contributed by atoms with Crippen LogP contribution < -0.4 is 5.32 Å². The summed E-state index contributed by atoms with van der Waals surface area (Å²) < 4.78 is 7.28. The van der Waals surface area contributed by atoms with Crippen molar-refractivity contribution in [3.63, 3.8) is 0 Å². The van der Waals surface area contributed by atoms with Crippen molar-refractivity contribution in [2.75, 3.05) is 7.11 Å². The zero-order chi connectivity index (χ0) is 17.9. The SMILES string of the molecule is COCc1nnc2n1CCC(NC(=O)c1csc(-c3cccs3)n1)CC2. The number of thiophene rings is 1. The molecule has 9 heteroatoms.